The number of hydroxylamine groups is 2. The van der Waals surface area contributed by atoms with E-state index in [1.165, 1.54) is 0 Å². The predicted molar refractivity (Wildman–Crippen MR) is 91.5 cm³/mol. The highest BCUT2D eigenvalue weighted by atomic mass is 16.7. The zero-order valence-corrected chi connectivity index (χ0v) is 13.8. The lowest BCUT2D eigenvalue weighted by Gasteiger charge is -2.40. The van der Waals surface area contributed by atoms with Crippen LogP contribution in [-0.4, -0.2) is 11.0 Å². The molecular formula is C19H23N3O. The quantitative estimate of drug-likeness (QED) is 0.905. The Morgan fingerprint density at radius 1 is 1.00 bits per heavy atom. The molecule has 3 rings (SSSR count). The monoisotopic (exact) mass is 309 g/mol. The van der Waals surface area contributed by atoms with E-state index in [0.717, 1.165) is 11.1 Å². The van der Waals surface area contributed by atoms with Crippen molar-refractivity contribution in [2.45, 2.75) is 33.0 Å². The van der Waals surface area contributed by atoms with Crippen LogP contribution < -0.4 is 5.32 Å². The summed E-state index contributed by atoms with van der Waals surface area (Å²) in [6.07, 6.45) is 0. The molecule has 0 aliphatic carbocycles. The van der Waals surface area contributed by atoms with Crippen LogP contribution in [0.2, 0.25) is 0 Å². The van der Waals surface area contributed by atoms with Crippen LogP contribution in [0.5, 0.6) is 0 Å². The molecule has 0 saturated carbocycles. The topological polar surface area (TPSA) is 48.4 Å². The van der Waals surface area contributed by atoms with Gasteiger partial charge in [-0.3, -0.25) is 5.41 Å². The van der Waals surface area contributed by atoms with Gasteiger partial charge in [-0.2, -0.15) is 0 Å². The zero-order valence-electron chi connectivity index (χ0n) is 13.8. The van der Waals surface area contributed by atoms with Gasteiger partial charge in [0, 0.05) is 11.0 Å². The molecule has 0 amide bonds. The first kappa shape index (κ1) is 15.6. The van der Waals surface area contributed by atoms with Crippen molar-refractivity contribution in [1.29, 1.82) is 5.41 Å². The third-order valence-electron chi connectivity index (χ3n) is 4.20. The van der Waals surface area contributed by atoms with Crippen molar-refractivity contribution in [3.05, 3.63) is 71.8 Å². The Labute approximate surface area is 137 Å². The Kier molecular flexibility index (Phi) is 3.86. The van der Waals surface area contributed by atoms with Crippen molar-refractivity contribution in [3.63, 3.8) is 0 Å². The number of hydrogen-bond acceptors (Lipinski definition) is 2. The summed E-state index contributed by atoms with van der Waals surface area (Å²) in [6, 6.07) is 20.1. The van der Waals surface area contributed by atoms with E-state index in [2.05, 4.69) is 26.1 Å². The molecule has 0 bridgehead atoms. The molecule has 1 heterocycles. The molecule has 1 saturated heterocycles. The van der Waals surface area contributed by atoms with Crippen LogP contribution in [0.25, 0.3) is 0 Å². The molecule has 4 nitrogen and oxygen atoms in total. The Bertz CT molecular complexity index is 679. The summed E-state index contributed by atoms with van der Waals surface area (Å²) in [7, 11) is 0. The number of benzene rings is 2. The smallest absolute Gasteiger partial charge is 0.218 e. The highest BCUT2D eigenvalue weighted by molar-refractivity contribution is 5.78. The summed E-state index contributed by atoms with van der Waals surface area (Å²) in [5, 5.41) is 13.2. The molecule has 2 N–H and O–H groups in total. The first-order chi connectivity index (χ1) is 10.9. The van der Waals surface area contributed by atoms with Crippen molar-refractivity contribution in [2.75, 3.05) is 0 Å². The molecule has 0 aromatic heterocycles. The van der Waals surface area contributed by atoms with Gasteiger partial charge in [0.1, 0.15) is 0 Å². The number of hydrogen-bond donors (Lipinski definition) is 2. The van der Waals surface area contributed by atoms with Gasteiger partial charge in [0.2, 0.25) is 5.96 Å². The predicted octanol–water partition coefficient (Wildman–Crippen LogP) is 3.86. The lowest BCUT2D eigenvalue weighted by molar-refractivity contribution is -0.231. The molecule has 2 aromatic carbocycles. The minimum absolute atomic E-state index is 0.230. The fourth-order valence-electron chi connectivity index (χ4n) is 2.88. The standard InChI is InChI=1S/C19H23N3O/c1-18(2,3)19(16-12-8-5-9-13-16)21-17(20)22(23-19)14-15-10-6-4-7-11-15/h4-13H,14H2,1-3H3,(H2,20,21). The first-order valence-corrected chi connectivity index (χ1v) is 7.85. The van der Waals surface area contributed by atoms with E-state index in [4.69, 9.17) is 10.2 Å². The average Bonchev–Trinajstić information content (AvgIpc) is 2.87. The van der Waals surface area contributed by atoms with E-state index in [9.17, 15) is 0 Å². The molecule has 4 heteroatoms. The van der Waals surface area contributed by atoms with Gasteiger partial charge in [0.15, 0.2) is 5.72 Å². The highest BCUT2D eigenvalue weighted by Crippen LogP contribution is 2.44. The van der Waals surface area contributed by atoms with Gasteiger partial charge in [-0.25, -0.2) is 9.90 Å². The Hall–Kier alpha value is -2.33. The van der Waals surface area contributed by atoms with Gasteiger partial charge in [-0.1, -0.05) is 81.4 Å². The summed E-state index contributed by atoms with van der Waals surface area (Å²) >= 11 is 0. The molecule has 120 valence electrons. The van der Waals surface area contributed by atoms with Gasteiger partial charge >= 0.3 is 0 Å². The van der Waals surface area contributed by atoms with Crippen LogP contribution in [-0.2, 0) is 17.1 Å². The van der Waals surface area contributed by atoms with Crippen molar-refractivity contribution in [2.24, 2.45) is 5.41 Å². The molecule has 1 aliphatic heterocycles. The van der Waals surface area contributed by atoms with Gasteiger partial charge in [0.25, 0.3) is 0 Å². The SMILES string of the molecule is CC(C)(C)C1(c2ccccc2)NC(=N)N(Cc2ccccc2)O1. The Morgan fingerprint density at radius 3 is 2.13 bits per heavy atom. The van der Waals surface area contributed by atoms with Crippen LogP contribution in [0.3, 0.4) is 0 Å². The average molecular weight is 309 g/mol. The summed E-state index contributed by atoms with van der Waals surface area (Å²) in [6.45, 7) is 6.89. The number of nitrogens with zero attached hydrogens (tertiary/aromatic N) is 1. The van der Waals surface area contributed by atoms with Gasteiger partial charge < -0.3 is 5.32 Å². The molecule has 1 aliphatic rings. The van der Waals surface area contributed by atoms with E-state index in [1.807, 2.05) is 60.7 Å². The van der Waals surface area contributed by atoms with Crippen molar-refractivity contribution in [1.82, 2.24) is 10.4 Å². The van der Waals surface area contributed by atoms with Gasteiger partial charge in [-0.05, 0) is 5.56 Å². The fourth-order valence-corrected chi connectivity index (χ4v) is 2.88. The van der Waals surface area contributed by atoms with Crippen LogP contribution in [0, 0.1) is 10.8 Å². The molecule has 1 fully saturated rings. The normalized spacial score (nSPS) is 21.3. The molecule has 23 heavy (non-hydrogen) atoms. The lowest BCUT2D eigenvalue weighted by Crippen LogP contribution is -2.50. The van der Waals surface area contributed by atoms with Gasteiger partial charge in [0.05, 0.1) is 6.54 Å². The van der Waals surface area contributed by atoms with Crippen LogP contribution in [0.4, 0.5) is 0 Å². The lowest BCUT2D eigenvalue weighted by atomic mass is 9.78. The summed E-state index contributed by atoms with van der Waals surface area (Å²) in [5.74, 6) is 0.285. The van der Waals surface area contributed by atoms with E-state index in [0.29, 0.717) is 6.54 Å². The number of guanidine groups is 1. The maximum absolute atomic E-state index is 8.33. The molecule has 2 aromatic rings. The molecular weight excluding hydrogens is 286 g/mol. The third-order valence-corrected chi connectivity index (χ3v) is 4.20. The maximum Gasteiger partial charge on any atom is 0.218 e. The summed E-state index contributed by atoms with van der Waals surface area (Å²) in [4.78, 5) is 6.31. The van der Waals surface area contributed by atoms with Crippen molar-refractivity contribution >= 4 is 5.96 Å². The van der Waals surface area contributed by atoms with Crippen LogP contribution in [0.15, 0.2) is 60.7 Å². The second kappa shape index (κ2) is 5.70. The van der Waals surface area contributed by atoms with E-state index >= 15 is 0 Å². The molecule has 0 radical (unpaired) electrons. The molecule has 1 atom stereocenters. The van der Waals surface area contributed by atoms with Crippen LogP contribution >= 0.6 is 0 Å². The summed E-state index contributed by atoms with van der Waals surface area (Å²) < 4.78 is 0. The minimum atomic E-state index is -0.750. The largest absolute Gasteiger partial charge is 0.320 e. The Balaban J connectivity index is 1.93. The molecule has 1 unspecified atom stereocenters. The number of nitrogens with one attached hydrogen (secondary N) is 2. The second-order valence-corrected chi connectivity index (χ2v) is 6.88. The maximum atomic E-state index is 8.33. The first-order valence-electron chi connectivity index (χ1n) is 7.85. The van der Waals surface area contributed by atoms with Crippen LogP contribution in [0.1, 0.15) is 31.9 Å². The van der Waals surface area contributed by atoms with Crippen molar-refractivity contribution < 1.29 is 4.84 Å². The third kappa shape index (κ3) is 2.82. The van der Waals surface area contributed by atoms with Gasteiger partial charge in [-0.15, -0.1) is 0 Å². The zero-order chi connectivity index (χ0) is 16.5. The van der Waals surface area contributed by atoms with Crippen molar-refractivity contribution in [3.8, 4) is 0 Å². The van der Waals surface area contributed by atoms with E-state index in [1.54, 1.807) is 5.06 Å². The summed E-state index contributed by atoms with van der Waals surface area (Å²) in [5.41, 5.74) is 1.15. The van der Waals surface area contributed by atoms with E-state index in [-0.39, 0.29) is 11.4 Å². The van der Waals surface area contributed by atoms with E-state index < -0.39 is 5.72 Å². The fraction of sp³-hybridized carbons (Fsp3) is 0.316. The minimum Gasteiger partial charge on any atom is -0.320 e. The Morgan fingerprint density at radius 2 is 1.57 bits per heavy atom. The molecule has 0 spiro atoms. The number of rotatable bonds is 3. The second-order valence-electron chi connectivity index (χ2n) is 6.88. The highest BCUT2D eigenvalue weighted by Gasteiger charge is 2.52.